The second-order valence-corrected chi connectivity index (χ2v) is 4.02. The number of amides is 1. The molecule has 1 aliphatic heterocycles. The fourth-order valence-electron chi connectivity index (χ4n) is 1.86. The molecule has 1 saturated heterocycles. The molecule has 3 nitrogen and oxygen atoms in total. The highest BCUT2D eigenvalue weighted by Gasteiger charge is 2.26. The van der Waals surface area contributed by atoms with Gasteiger partial charge in [-0.05, 0) is 12.8 Å². The number of hydrogen-bond donors (Lipinski definition) is 1. The van der Waals surface area contributed by atoms with Crippen LogP contribution in [0.1, 0.15) is 33.1 Å². The summed E-state index contributed by atoms with van der Waals surface area (Å²) in [5, 5.41) is 0. The van der Waals surface area contributed by atoms with Crippen LogP contribution in [-0.4, -0.2) is 29.9 Å². The van der Waals surface area contributed by atoms with Gasteiger partial charge in [-0.3, -0.25) is 4.79 Å². The zero-order chi connectivity index (χ0) is 9.84. The highest BCUT2D eigenvalue weighted by Crippen LogP contribution is 2.14. The van der Waals surface area contributed by atoms with Crippen LogP contribution in [0.3, 0.4) is 0 Å². The normalized spacial score (nSPS) is 24.8. The lowest BCUT2D eigenvalue weighted by atomic mass is 10.1. The first-order valence-electron chi connectivity index (χ1n) is 5.19. The number of rotatable bonds is 3. The standard InChI is InChI=1S/C10H20N2O/c1-3-4-8(2)10(13)12-6-5-9(11)7-12/h8-9H,3-7,11H2,1-2H3/t8?,9-/m1/s1. The molecule has 0 spiro atoms. The largest absolute Gasteiger partial charge is 0.341 e. The average molecular weight is 184 g/mol. The van der Waals surface area contributed by atoms with Gasteiger partial charge in [0.2, 0.25) is 5.91 Å². The lowest BCUT2D eigenvalue weighted by Gasteiger charge is -2.20. The lowest BCUT2D eigenvalue weighted by molar-refractivity contribution is -0.134. The summed E-state index contributed by atoms with van der Waals surface area (Å²) in [6.07, 6.45) is 3.03. The molecule has 0 aliphatic carbocycles. The van der Waals surface area contributed by atoms with Crippen molar-refractivity contribution in [2.75, 3.05) is 13.1 Å². The molecule has 2 N–H and O–H groups in total. The molecule has 1 rings (SSSR count). The average Bonchev–Trinajstić information content (AvgIpc) is 2.51. The van der Waals surface area contributed by atoms with E-state index in [0.29, 0.717) is 0 Å². The van der Waals surface area contributed by atoms with Gasteiger partial charge in [-0.1, -0.05) is 20.3 Å². The molecule has 76 valence electrons. The molecule has 13 heavy (non-hydrogen) atoms. The van der Waals surface area contributed by atoms with Gasteiger partial charge in [0.1, 0.15) is 0 Å². The van der Waals surface area contributed by atoms with E-state index in [9.17, 15) is 4.79 Å². The number of hydrogen-bond acceptors (Lipinski definition) is 2. The molecule has 2 atom stereocenters. The second kappa shape index (κ2) is 4.61. The topological polar surface area (TPSA) is 46.3 Å². The van der Waals surface area contributed by atoms with Crippen LogP contribution < -0.4 is 5.73 Å². The molecule has 0 saturated carbocycles. The zero-order valence-corrected chi connectivity index (χ0v) is 8.62. The zero-order valence-electron chi connectivity index (χ0n) is 8.62. The summed E-state index contributed by atoms with van der Waals surface area (Å²) in [4.78, 5) is 13.7. The molecular formula is C10H20N2O. The first kappa shape index (κ1) is 10.5. The van der Waals surface area contributed by atoms with Gasteiger partial charge in [0.05, 0.1) is 0 Å². The number of likely N-dealkylation sites (tertiary alicyclic amines) is 1. The molecule has 0 radical (unpaired) electrons. The minimum atomic E-state index is 0.176. The Morgan fingerprint density at radius 3 is 2.85 bits per heavy atom. The van der Waals surface area contributed by atoms with Crippen molar-refractivity contribution >= 4 is 5.91 Å². The maximum absolute atomic E-state index is 11.8. The van der Waals surface area contributed by atoms with Gasteiger partial charge in [0.25, 0.3) is 0 Å². The van der Waals surface area contributed by atoms with E-state index < -0.39 is 0 Å². The monoisotopic (exact) mass is 184 g/mol. The lowest BCUT2D eigenvalue weighted by Crippen LogP contribution is -2.35. The van der Waals surface area contributed by atoms with E-state index in [2.05, 4.69) is 6.92 Å². The SMILES string of the molecule is CCCC(C)C(=O)N1CC[C@@H](N)C1. The highest BCUT2D eigenvalue weighted by atomic mass is 16.2. The van der Waals surface area contributed by atoms with Gasteiger partial charge in [-0.2, -0.15) is 0 Å². The Balaban J connectivity index is 2.38. The van der Waals surface area contributed by atoms with Crippen LogP contribution >= 0.6 is 0 Å². The van der Waals surface area contributed by atoms with Gasteiger partial charge in [0.15, 0.2) is 0 Å². The minimum Gasteiger partial charge on any atom is -0.341 e. The van der Waals surface area contributed by atoms with E-state index in [1.165, 1.54) is 0 Å². The van der Waals surface area contributed by atoms with Crippen LogP contribution in [0.4, 0.5) is 0 Å². The van der Waals surface area contributed by atoms with Crippen LogP contribution in [0.5, 0.6) is 0 Å². The van der Waals surface area contributed by atoms with Crippen molar-refractivity contribution in [3.8, 4) is 0 Å². The van der Waals surface area contributed by atoms with Gasteiger partial charge >= 0.3 is 0 Å². The Kier molecular flexibility index (Phi) is 3.72. The van der Waals surface area contributed by atoms with Crippen LogP contribution in [0.2, 0.25) is 0 Å². The van der Waals surface area contributed by atoms with Crippen molar-refractivity contribution in [1.82, 2.24) is 4.90 Å². The maximum Gasteiger partial charge on any atom is 0.225 e. The third-order valence-electron chi connectivity index (χ3n) is 2.68. The molecule has 0 aromatic rings. The molecule has 3 heteroatoms. The van der Waals surface area contributed by atoms with Crippen LogP contribution in [0, 0.1) is 5.92 Å². The van der Waals surface area contributed by atoms with Gasteiger partial charge in [0, 0.05) is 25.0 Å². The van der Waals surface area contributed by atoms with E-state index in [0.717, 1.165) is 32.4 Å². The van der Waals surface area contributed by atoms with E-state index in [4.69, 9.17) is 5.73 Å². The molecule has 1 heterocycles. The molecule has 0 aromatic heterocycles. The molecule has 1 fully saturated rings. The minimum absolute atomic E-state index is 0.176. The molecule has 1 unspecified atom stereocenters. The maximum atomic E-state index is 11.8. The summed E-state index contributed by atoms with van der Waals surface area (Å²) < 4.78 is 0. The van der Waals surface area contributed by atoms with Crippen molar-refractivity contribution < 1.29 is 4.79 Å². The first-order chi connectivity index (χ1) is 6.15. The van der Waals surface area contributed by atoms with E-state index >= 15 is 0 Å². The Morgan fingerprint density at radius 2 is 2.38 bits per heavy atom. The Hall–Kier alpha value is -0.570. The fourth-order valence-corrected chi connectivity index (χ4v) is 1.86. The Labute approximate surface area is 80.3 Å². The molecule has 1 amide bonds. The Bertz CT molecular complexity index is 182. The van der Waals surface area contributed by atoms with E-state index in [1.54, 1.807) is 0 Å². The van der Waals surface area contributed by atoms with Crippen molar-refractivity contribution in [3.63, 3.8) is 0 Å². The first-order valence-corrected chi connectivity index (χ1v) is 5.19. The summed E-state index contributed by atoms with van der Waals surface area (Å²) in [5.41, 5.74) is 5.74. The van der Waals surface area contributed by atoms with Crippen molar-refractivity contribution in [2.45, 2.75) is 39.2 Å². The van der Waals surface area contributed by atoms with Crippen molar-refractivity contribution in [2.24, 2.45) is 11.7 Å². The third-order valence-corrected chi connectivity index (χ3v) is 2.68. The Morgan fingerprint density at radius 1 is 1.69 bits per heavy atom. The number of carbonyl (C=O) groups excluding carboxylic acids is 1. The quantitative estimate of drug-likeness (QED) is 0.710. The fraction of sp³-hybridized carbons (Fsp3) is 0.900. The van der Waals surface area contributed by atoms with Crippen LogP contribution in [-0.2, 0) is 4.79 Å². The van der Waals surface area contributed by atoms with Gasteiger partial charge in [-0.25, -0.2) is 0 Å². The smallest absolute Gasteiger partial charge is 0.225 e. The summed E-state index contributed by atoms with van der Waals surface area (Å²) in [7, 11) is 0. The number of carbonyl (C=O) groups is 1. The predicted molar refractivity (Wildman–Crippen MR) is 53.2 cm³/mol. The summed E-state index contributed by atoms with van der Waals surface area (Å²) in [6.45, 7) is 5.73. The van der Waals surface area contributed by atoms with E-state index in [1.807, 2.05) is 11.8 Å². The van der Waals surface area contributed by atoms with Gasteiger partial charge in [-0.15, -0.1) is 0 Å². The number of nitrogens with zero attached hydrogens (tertiary/aromatic N) is 1. The molecule has 1 aliphatic rings. The predicted octanol–water partition coefficient (Wildman–Crippen LogP) is 0.982. The molecule has 0 aromatic carbocycles. The number of nitrogens with two attached hydrogens (primary N) is 1. The van der Waals surface area contributed by atoms with E-state index in [-0.39, 0.29) is 17.9 Å². The summed E-state index contributed by atoms with van der Waals surface area (Å²) in [5.74, 6) is 0.463. The highest BCUT2D eigenvalue weighted by molar-refractivity contribution is 5.78. The van der Waals surface area contributed by atoms with Crippen molar-refractivity contribution in [3.05, 3.63) is 0 Å². The third kappa shape index (κ3) is 2.69. The van der Waals surface area contributed by atoms with Gasteiger partial charge < -0.3 is 10.6 Å². The second-order valence-electron chi connectivity index (χ2n) is 4.02. The molecular weight excluding hydrogens is 164 g/mol. The van der Waals surface area contributed by atoms with Crippen LogP contribution in [0.25, 0.3) is 0 Å². The molecule has 0 bridgehead atoms. The summed E-state index contributed by atoms with van der Waals surface area (Å²) >= 11 is 0. The van der Waals surface area contributed by atoms with Crippen LogP contribution in [0.15, 0.2) is 0 Å². The van der Waals surface area contributed by atoms with Crippen molar-refractivity contribution in [1.29, 1.82) is 0 Å². The summed E-state index contributed by atoms with van der Waals surface area (Å²) in [6, 6.07) is 0.206.